The number of likely N-dealkylation sites (tertiary alicyclic amines) is 1. The fraction of sp³-hybridized carbons (Fsp3) is 0.353. The molecule has 1 saturated heterocycles. The molecule has 0 aliphatic carbocycles. The summed E-state index contributed by atoms with van der Waals surface area (Å²) in [6.45, 7) is 1.49. The van der Waals surface area contributed by atoms with Crippen molar-refractivity contribution in [2.24, 2.45) is 5.92 Å². The summed E-state index contributed by atoms with van der Waals surface area (Å²) in [6, 6.07) is 8.20. The van der Waals surface area contributed by atoms with Gasteiger partial charge in [0.05, 0.1) is 23.9 Å². The molecular formula is C17H18FN5O. The van der Waals surface area contributed by atoms with Gasteiger partial charge in [-0.15, -0.1) is 0 Å². The van der Waals surface area contributed by atoms with Gasteiger partial charge in [0.15, 0.2) is 0 Å². The van der Waals surface area contributed by atoms with Gasteiger partial charge in [-0.2, -0.15) is 10.4 Å². The number of urea groups is 1. The van der Waals surface area contributed by atoms with Crippen LogP contribution in [0.4, 0.5) is 9.18 Å². The summed E-state index contributed by atoms with van der Waals surface area (Å²) in [6.07, 6.45) is 5.09. The molecule has 0 unspecified atom stereocenters. The molecule has 124 valence electrons. The highest BCUT2D eigenvalue weighted by atomic mass is 19.1. The second-order valence-corrected chi connectivity index (χ2v) is 5.85. The molecule has 7 heteroatoms. The van der Waals surface area contributed by atoms with Gasteiger partial charge in [-0.25, -0.2) is 13.9 Å². The zero-order valence-electron chi connectivity index (χ0n) is 13.2. The van der Waals surface area contributed by atoms with E-state index in [1.54, 1.807) is 34.1 Å². The van der Waals surface area contributed by atoms with Crippen molar-refractivity contribution in [2.75, 3.05) is 13.1 Å². The Labute approximate surface area is 139 Å². The molecule has 0 radical (unpaired) electrons. The molecule has 2 heterocycles. The van der Waals surface area contributed by atoms with Crippen LogP contribution >= 0.6 is 0 Å². The Morgan fingerprint density at radius 2 is 2.38 bits per heavy atom. The van der Waals surface area contributed by atoms with E-state index in [1.807, 2.05) is 0 Å². The molecule has 6 nitrogen and oxygen atoms in total. The number of nitrogens with one attached hydrogen (secondary N) is 1. The van der Waals surface area contributed by atoms with Crippen LogP contribution in [-0.4, -0.2) is 33.8 Å². The average molecular weight is 327 g/mol. The molecule has 1 aromatic carbocycles. The first-order valence-corrected chi connectivity index (χ1v) is 7.87. The van der Waals surface area contributed by atoms with Crippen LogP contribution in [0.25, 0.3) is 5.69 Å². The molecule has 1 aromatic heterocycles. The van der Waals surface area contributed by atoms with E-state index in [0.29, 0.717) is 25.3 Å². The zero-order chi connectivity index (χ0) is 16.9. The number of nitriles is 1. The lowest BCUT2D eigenvalue weighted by molar-refractivity contribution is 0.176. The van der Waals surface area contributed by atoms with E-state index in [4.69, 9.17) is 5.26 Å². The largest absolute Gasteiger partial charge is 0.334 e. The maximum absolute atomic E-state index is 13.3. The topological polar surface area (TPSA) is 74.0 Å². The number of carbonyl (C=O) groups is 1. The number of rotatable bonds is 3. The van der Waals surface area contributed by atoms with Gasteiger partial charge in [-0.05, 0) is 31.0 Å². The summed E-state index contributed by atoms with van der Waals surface area (Å²) in [5, 5.41) is 16.0. The Bertz CT molecular complexity index is 766. The number of hydrogen-bond donors (Lipinski definition) is 1. The van der Waals surface area contributed by atoms with Gasteiger partial charge < -0.3 is 10.2 Å². The predicted octanol–water partition coefficient (Wildman–Crippen LogP) is 2.46. The molecule has 1 aliphatic rings. The summed E-state index contributed by atoms with van der Waals surface area (Å²) in [7, 11) is 0. The summed E-state index contributed by atoms with van der Waals surface area (Å²) in [4.78, 5) is 13.9. The molecule has 1 atom stereocenters. The lowest BCUT2D eigenvalue weighted by atomic mass is 10.0. The Kier molecular flexibility index (Phi) is 4.75. The van der Waals surface area contributed by atoms with E-state index in [9.17, 15) is 9.18 Å². The van der Waals surface area contributed by atoms with Crippen molar-refractivity contribution in [3.8, 4) is 11.8 Å². The van der Waals surface area contributed by atoms with Crippen molar-refractivity contribution in [2.45, 2.75) is 19.4 Å². The number of carbonyl (C=O) groups excluding carboxylic acids is 1. The number of aromatic nitrogens is 2. The van der Waals surface area contributed by atoms with Crippen molar-refractivity contribution in [3.05, 3.63) is 48.0 Å². The van der Waals surface area contributed by atoms with Crippen molar-refractivity contribution in [3.63, 3.8) is 0 Å². The van der Waals surface area contributed by atoms with Crippen molar-refractivity contribution < 1.29 is 9.18 Å². The van der Waals surface area contributed by atoms with E-state index >= 15 is 0 Å². The Hall–Kier alpha value is -2.88. The van der Waals surface area contributed by atoms with Crippen LogP contribution in [0.15, 0.2) is 36.7 Å². The van der Waals surface area contributed by atoms with Crippen molar-refractivity contribution in [1.82, 2.24) is 20.0 Å². The van der Waals surface area contributed by atoms with Crippen LogP contribution < -0.4 is 5.32 Å². The van der Waals surface area contributed by atoms with Gasteiger partial charge in [-0.3, -0.25) is 0 Å². The van der Waals surface area contributed by atoms with E-state index < -0.39 is 0 Å². The van der Waals surface area contributed by atoms with Crippen LogP contribution in [0.2, 0.25) is 0 Å². The number of amides is 2. The molecule has 2 amide bonds. The van der Waals surface area contributed by atoms with Crippen molar-refractivity contribution >= 4 is 6.03 Å². The van der Waals surface area contributed by atoms with Gasteiger partial charge in [0, 0.05) is 31.4 Å². The monoisotopic (exact) mass is 327 g/mol. The third-order valence-electron chi connectivity index (χ3n) is 4.04. The van der Waals surface area contributed by atoms with Crippen LogP contribution in [0.5, 0.6) is 0 Å². The van der Waals surface area contributed by atoms with Crippen LogP contribution in [0, 0.1) is 23.1 Å². The number of hydrogen-bond acceptors (Lipinski definition) is 3. The van der Waals surface area contributed by atoms with Crippen LogP contribution in [-0.2, 0) is 6.54 Å². The van der Waals surface area contributed by atoms with Crippen LogP contribution in [0.3, 0.4) is 0 Å². The third-order valence-corrected chi connectivity index (χ3v) is 4.04. The third kappa shape index (κ3) is 3.71. The summed E-state index contributed by atoms with van der Waals surface area (Å²) < 4.78 is 14.8. The summed E-state index contributed by atoms with van der Waals surface area (Å²) >= 11 is 0. The van der Waals surface area contributed by atoms with Gasteiger partial charge >= 0.3 is 6.03 Å². The van der Waals surface area contributed by atoms with E-state index in [1.165, 1.54) is 12.1 Å². The summed E-state index contributed by atoms with van der Waals surface area (Å²) in [5.74, 6) is -0.407. The smallest absolute Gasteiger partial charge is 0.317 e. The standard InChI is InChI=1S/C17H18FN5O/c18-15-4-1-5-16(7-15)23-12-14(10-21-23)9-20-17(24)22-6-2-3-13(8-19)11-22/h1,4-5,7,10,12-13H,2-3,6,9,11H2,(H,20,24)/t13-/m0/s1. The quantitative estimate of drug-likeness (QED) is 0.941. The predicted molar refractivity (Wildman–Crippen MR) is 85.7 cm³/mol. The lowest BCUT2D eigenvalue weighted by Crippen LogP contribution is -2.45. The maximum atomic E-state index is 13.3. The van der Waals surface area contributed by atoms with Gasteiger partial charge in [-0.1, -0.05) is 6.07 Å². The molecule has 0 saturated carbocycles. The number of halogens is 1. The van der Waals surface area contributed by atoms with Crippen molar-refractivity contribution in [1.29, 1.82) is 5.26 Å². The number of nitrogens with zero attached hydrogens (tertiary/aromatic N) is 4. The molecular weight excluding hydrogens is 309 g/mol. The van der Waals surface area contributed by atoms with E-state index in [0.717, 1.165) is 18.4 Å². The minimum atomic E-state index is -0.324. The highest BCUT2D eigenvalue weighted by molar-refractivity contribution is 5.74. The maximum Gasteiger partial charge on any atom is 0.317 e. The zero-order valence-corrected chi connectivity index (χ0v) is 13.2. The Morgan fingerprint density at radius 3 is 3.17 bits per heavy atom. The van der Waals surface area contributed by atoms with Gasteiger partial charge in [0.25, 0.3) is 0 Å². The molecule has 1 aliphatic heterocycles. The number of piperidine rings is 1. The first kappa shape index (κ1) is 16.0. The first-order chi connectivity index (χ1) is 11.7. The van der Waals surface area contributed by atoms with E-state index in [-0.39, 0.29) is 17.8 Å². The second kappa shape index (κ2) is 7.13. The minimum absolute atomic E-state index is 0.0831. The minimum Gasteiger partial charge on any atom is -0.334 e. The average Bonchev–Trinajstić information content (AvgIpc) is 3.09. The molecule has 0 bridgehead atoms. The van der Waals surface area contributed by atoms with Crippen LogP contribution in [0.1, 0.15) is 18.4 Å². The van der Waals surface area contributed by atoms with E-state index in [2.05, 4.69) is 16.5 Å². The number of benzene rings is 1. The fourth-order valence-electron chi connectivity index (χ4n) is 2.77. The summed E-state index contributed by atoms with van der Waals surface area (Å²) in [5.41, 5.74) is 1.45. The lowest BCUT2D eigenvalue weighted by Gasteiger charge is -2.29. The molecule has 1 fully saturated rings. The second-order valence-electron chi connectivity index (χ2n) is 5.85. The molecule has 2 aromatic rings. The molecule has 1 N–H and O–H groups in total. The molecule has 0 spiro atoms. The highest BCUT2D eigenvalue weighted by Crippen LogP contribution is 2.15. The first-order valence-electron chi connectivity index (χ1n) is 7.87. The van der Waals surface area contributed by atoms with Gasteiger partial charge in [0.2, 0.25) is 0 Å². The highest BCUT2D eigenvalue weighted by Gasteiger charge is 2.23. The molecule has 3 rings (SSSR count). The van der Waals surface area contributed by atoms with Gasteiger partial charge in [0.1, 0.15) is 5.82 Å². The fourth-order valence-corrected chi connectivity index (χ4v) is 2.77. The Morgan fingerprint density at radius 1 is 1.50 bits per heavy atom. The SMILES string of the molecule is N#C[C@@H]1CCCN(C(=O)NCc2cnn(-c3cccc(F)c3)c2)C1. The Balaban J connectivity index is 1.57. The normalized spacial score (nSPS) is 17.3. The molecule has 24 heavy (non-hydrogen) atoms.